The molecular formula is C14H18FNO3. The summed E-state index contributed by atoms with van der Waals surface area (Å²) >= 11 is 0. The SMILES string of the molecule is CNC(c1cc(F)ccc1OC)C1(C(=O)O)CCC1. The molecule has 104 valence electrons. The van der Waals surface area contributed by atoms with Gasteiger partial charge in [-0.1, -0.05) is 6.42 Å². The molecule has 0 saturated heterocycles. The maximum absolute atomic E-state index is 13.5. The van der Waals surface area contributed by atoms with Crippen molar-refractivity contribution in [2.75, 3.05) is 14.2 Å². The largest absolute Gasteiger partial charge is 0.496 e. The number of nitrogens with one attached hydrogen (secondary N) is 1. The highest BCUT2D eigenvalue weighted by Gasteiger charge is 2.51. The van der Waals surface area contributed by atoms with Gasteiger partial charge in [-0.2, -0.15) is 0 Å². The van der Waals surface area contributed by atoms with Gasteiger partial charge in [0.05, 0.1) is 18.6 Å². The van der Waals surface area contributed by atoms with Crippen LogP contribution in [-0.4, -0.2) is 25.2 Å². The number of rotatable bonds is 5. The summed E-state index contributed by atoms with van der Waals surface area (Å²) in [5.74, 6) is -0.728. The minimum Gasteiger partial charge on any atom is -0.496 e. The Morgan fingerprint density at radius 3 is 2.63 bits per heavy atom. The second kappa shape index (κ2) is 5.17. The van der Waals surface area contributed by atoms with Gasteiger partial charge in [0, 0.05) is 5.56 Å². The van der Waals surface area contributed by atoms with Gasteiger partial charge in [-0.05, 0) is 38.1 Å². The van der Waals surface area contributed by atoms with Gasteiger partial charge in [0.25, 0.3) is 0 Å². The fourth-order valence-corrected chi connectivity index (χ4v) is 2.84. The van der Waals surface area contributed by atoms with E-state index in [1.165, 1.54) is 25.3 Å². The van der Waals surface area contributed by atoms with Gasteiger partial charge in [0.1, 0.15) is 11.6 Å². The molecule has 0 spiro atoms. The van der Waals surface area contributed by atoms with Crippen LogP contribution in [0, 0.1) is 11.2 Å². The van der Waals surface area contributed by atoms with E-state index in [0.717, 1.165) is 6.42 Å². The van der Waals surface area contributed by atoms with Crippen LogP contribution in [0.25, 0.3) is 0 Å². The summed E-state index contributed by atoms with van der Waals surface area (Å²) < 4.78 is 18.7. The molecule has 0 heterocycles. The average molecular weight is 267 g/mol. The minimum absolute atomic E-state index is 0.393. The number of halogens is 1. The number of hydrogen-bond acceptors (Lipinski definition) is 3. The lowest BCUT2D eigenvalue weighted by atomic mass is 9.62. The zero-order valence-corrected chi connectivity index (χ0v) is 11.1. The van der Waals surface area contributed by atoms with Crippen molar-refractivity contribution in [3.8, 4) is 5.75 Å². The Morgan fingerprint density at radius 2 is 2.21 bits per heavy atom. The van der Waals surface area contributed by atoms with Crippen LogP contribution in [0.2, 0.25) is 0 Å². The zero-order valence-electron chi connectivity index (χ0n) is 11.1. The molecule has 0 radical (unpaired) electrons. The molecule has 1 atom stereocenters. The number of carboxylic acids is 1. The number of carbonyl (C=O) groups is 1. The molecule has 0 aromatic heterocycles. The quantitative estimate of drug-likeness (QED) is 0.859. The van der Waals surface area contributed by atoms with E-state index < -0.39 is 23.2 Å². The number of aliphatic carboxylic acids is 1. The van der Waals surface area contributed by atoms with Gasteiger partial charge in [-0.3, -0.25) is 4.79 Å². The number of methoxy groups -OCH3 is 1. The number of benzene rings is 1. The van der Waals surface area contributed by atoms with Crippen LogP contribution < -0.4 is 10.1 Å². The van der Waals surface area contributed by atoms with Crippen LogP contribution in [0.1, 0.15) is 30.9 Å². The Morgan fingerprint density at radius 1 is 1.53 bits per heavy atom. The maximum Gasteiger partial charge on any atom is 0.311 e. The van der Waals surface area contributed by atoms with Crippen LogP contribution in [0.5, 0.6) is 5.75 Å². The topological polar surface area (TPSA) is 58.6 Å². The van der Waals surface area contributed by atoms with Gasteiger partial charge >= 0.3 is 5.97 Å². The van der Waals surface area contributed by atoms with E-state index in [0.29, 0.717) is 24.2 Å². The normalized spacial score (nSPS) is 18.5. The highest BCUT2D eigenvalue weighted by Crippen LogP contribution is 2.51. The molecule has 4 nitrogen and oxygen atoms in total. The molecule has 2 N–H and O–H groups in total. The Hall–Kier alpha value is -1.62. The third kappa shape index (κ3) is 2.18. The fraction of sp³-hybridized carbons (Fsp3) is 0.500. The van der Waals surface area contributed by atoms with Crippen molar-refractivity contribution in [2.24, 2.45) is 5.41 Å². The summed E-state index contributed by atoms with van der Waals surface area (Å²) in [6, 6.07) is 3.74. The molecule has 19 heavy (non-hydrogen) atoms. The minimum atomic E-state index is -0.865. The van der Waals surface area contributed by atoms with E-state index in [4.69, 9.17) is 4.74 Å². The van der Waals surface area contributed by atoms with E-state index >= 15 is 0 Å². The van der Waals surface area contributed by atoms with Crippen molar-refractivity contribution >= 4 is 5.97 Å². The summed E-state index contributed by atoms with van der Waals surface area (Å²) in [4.78, 5) is 11.6. The van der Waals surface area contributed by atoms with Crippen molar-refractivity contribution < 1.29 is 19.0 Å². The molecule has 1 aliphatic rings. The molecule has 5 heteroatoms. The van der Waals surface area contributed by atoms with E-state index in [1.807, 2.05) is 0 Å². The van der Waals surface area contributed by atoms with E-state index in [2.05, 4.69) is 5.32 Å². The van der Waals surface area contributed by atoms with Crippen LogP contribution in [0.15, 0.2) is 18.2 Å². The van der Waals surface area contributed by atoms with Crippen molar-refractivity contribution in [3.63, 3.8) is 0 Å². The highest BCUT2D eigenvalue weighted by atomic mass is 19.1. The Bertz CT molecular complexity index is 486. The van der Waals surface area contributed by atoms with Crippen molar-refractivity contribution in [2.45, 2.75) is 25.3 Å². The summed E-state index contributed by atoms with van der Waals surface area (Å²) in [5, 5.41) is 12.5. The van der Waals surface area contributed by atoms with Gasteiger partial charge in [0.2, 0.25) is 0 Å². The molecule has 1 unspecified atom stereocenters. The molecule has 1 aliphatic carbocycles. The highest BCUT2D eigenvalue weighted by molar-refractivity contribution is 5.77. The smallest absolute Gasteiger partial charge is 0.311 e. The van der Waals surface area contributed by atoms with E-state index in [9.17, 15) is 14.3 Å². The van der Waals surface area contributed by atoms with Crippen molar-refractivity contribution in [1.29, 1.82) is 0 Å². The number of hydrogen-bond donors (Lipinski definition) is 2. The molecule has 1 saturated carbocycles. The maximum atomic E-state index is 13.5. The zero-order chi connectivity index (χ0) is 14.0. The van der Waals surface area contributed by atoms with Crippen molar-refractivity contribution in [1.82, 2.24) is 5.32 Å². The Labute approximate surface area is 111 Å². The van der Waals surface area contributed by atoms with Gasteiger partial charge in [-0.15, -0.1) is 0 Å². The third-order valence-corrected chi connectivity index (χ3v) is 4.02. The van der Waals surface area contributed by atoms with Crippen LogP contribution in [0.3, 0.4) is 0 Å². The Balaban J connectivity index is 2.47. The second-order valence-electron chi connectivity index (χ2n) is 4.92. The van der Waals surface area contributed by atoms with Gasteiger partial charge < -0.3 is 15.2 Å². The molecular weight excluding hydrogens is 249 g/mol. The standard InChI is InChI=1S/C14H18FNO3/c1-16-12(14(13(17)18)6-3-7-14)10-8-9(15)4-5-11(10)19-2/h4-5,8,12,16H,3,6-7H2,1-2H3,(H,17,18). The first-order valence-corrected chi connectivity index (χ1v) is 6.29. The fourth-order valence-electron chi connectivity index (χ4n) is 2.84. The van der Waals surface area contributed by atoms with Gasteiger partial charge in [-0.25, -0.2) is 4.39 Å². The summed E-state index contributed by atoms with van der Waals surface area (Å²) in [6.07, 6.45) is 2.06. The lowest BCUT2D eigenvalue weighted by Crippen LogP contribution is -2.48. The second-order valence-corrected chi connectivity index (χ2v) is 4.92. The first-order valence-electron chi connectivity index (χ1n) is 6.29. The molecule has 1 aromatic carbocycles. The van der Waals surface area contributed by atoms with Crippen LogP contribution >= 0.6 is 0 Å². The van der Waals surface area contributed by atoms with E-state index in [-0.39, 0.29) is 0 Å². The Kier molecular flexibility index (Phi) is 3.75. The summed E-state index contributed by atoms with van der Waals surface area (Å²) in [5.41, 5.74) is -0.303. The third-order valence-electron chi connectivity index (χ3n) is 4.02. The van der Waals surface area contributed by atoms with Gasteiger partial charge in [0.15, 0.2) is 0 Å². The molecule has 1 aromatic rings. The monoisotopic (exact) mass is 267 g/mol. The lowest BCUT2D eigenvalue weighted by molar-refractivity contribution is -0.157. The van der Waals surface area contributed by atoms with Crippen molar-refractivity contribution in [3.05, 3.63) is 29.6 Å². The molecule has 1 fully saturated rings. The summed E-state index contributed by atoms with van der Waals surface area (Å²) in [7, 11) is 3.19. The number of carboxylic acid groups (broad SMARTS) is 1. The molecule has 0 amide bonds. The number of ether oxygens (including phenoxy) is 1. The van der Waals surface area contributed by atoms with Crippen LogP contribution in [0.4, 0.5) is 4.39 Å². The summed E-state index contributed by atoms with van der Waals surface area (Å²) in [6.45, 7) is 0. The van der Waals surface area contributed by atoms with Crippen LogP contribution in [-0.2, 0) is 4.79 Å². The van der Waals surface area contributed by atoms with E-state index in [1.54, 1.807) is 7.05 Å². The predicted molar refractivity (Wildman–Crippen MR) is 68.7 cm³/mol. The molecule has 0 bridgehead atoms. The predicted octanol–water partition coefficient (Wildman–Crippen LogP) is 2.35. The average Bonchev–Trinajstić information content (AvgIpc) is 2.32. The lowest BCUT2D eigenvalue weighted by Gasteiger charge is -2.44. The first-order chi connectivity index (χ1) is 9.05. The molecule has 2 rings (SSSR count). The molecule has 0 aliphatic heterocycles. The first kappa shape index (κ1) is 13.8.